The van der Waals surface area contributed by atoms with Gasteiger partial charge in [0, 0.05) is 11.0 Å². The summed E-state index contributed by atoms with van der Waals surface area (Å²) in [6.45, 7) is 2.74. The zero-order chi connectivity index (χ0) is 16.4. The Hall–Kier alpha value is -2.34. The number of aromatic nitrogens is 2. The Morgan fingerprint density at radius 2 is 2.09 bits per heavy atom. The maximum absolute atomic E-state index is 12.6. The molecule has 0 saturated carbocycles. The van der Waals surface area contributed by atoms with Gasteiger partial charge in [-0.25, -0.2) is 4.98 Å². The maximum atomic E-state index is 12.6. The molecule has 0 aliphatic carbocycles. The number of imidazole rings is 1. The van der Waals surface area contributed by atoms with Gasteiger partial charge in [-0.15, -0.1) is 0 Å². The summed E-state index contributed by atoms with van der Waals surface area (Å²) >= 11 is 3.40. The number of methoxy groups -OCH3 is 1. The van der Waals surface area contributed by atoms with Crippen LogP contribution < -0.4 is 10.1 Å². The predicted octanol–water partition coefficient (Wildman–Crippen LogP) is 4.08. The highest BCUT2D eigenvalue weighted by atomic mass is 79.9. The van der Waals surface area contributed by atoms with Crippen LogP contribution in [0.2, 0.25) is 0 Å². The topological polar surface area (TPSA) is 56.2 Å². The van der Waals surface area contributed by atoms with Gasteiger partial charge in [-0.3, -0.25) is 10.1 Å². The second-order valence-electron chi connectivity index (χ2n) is 4.97. The first-order valence-corrected chi connectivity index (χ1v) is 8.03. The molecule has 118 valence electrons. The Morgan fingerprint density at radius 3 is 2.83 bits per heavy atom. The van der Waals surface area contributed by atoms with Crippen molar-refractivity contribution < 1.29 is 9.53 Å². The van der Waals surface area contributed by atoms with E-state index in [4.69, 9.17) is 4.74 Å². The molecule has 1 N–H and O–H groups in total. The van der Waals surface area contributed by atoms with Crippen molar-refractivity contribution in [1.29, 1.82) is 0 Å². The molecular formula is C17H16BrN3O2. The van der Waals surface area contributed by atoms with Gasteiger partial charge in [0.2, 0.25) is 5.95 Å². The number of carbonyl (C=O) groups excluding carboxylic acids is 1. The summed E-state index contributed by atoms with van der Waals surface area (Å²) in [4.78, 5) is 17.1. The van der Waals surface area contributed by atoms with Crippen molar-refractivity contribution in [3.05, 3.63) is 52.5 Å². The molecule has 0 saturated heterocycles. The second-order valence-corrected chi connectivity index (χ2v) is 5.82. The number of ether oxygens (including phenoxy) is 1. The van der Waals surface area contributed by atoms with Crippen LogP contribution in [-0.2, 0) is 6.54 Å². The number of nitrogens with zero attached hydrogens (tertiary/aromatic N) is 2. The van der Waals surface area contributed by atoms with Crippen LogP contribution in [0.4, 0.5) is 5.95 Å². The summed E-state index contributed by atoms with van der Waals surface area (Å²) in [6.07, 6.45) is 0. The molecule has 1 heterocycles. The number of carbonyl (C=O) groups is 1. The Balaban J connectivity index is 1.97. The van der Waals surface area contributed by atoms with E-state index in [-0.39, 0.29) is 5.91 Å². The van der Waals surface area contributed by atoms with Crippen LogP contribution in [0.1, 0.15) is 17.3 Å². The number of para-hydroxylation sites is 2. The van der Waals surface area contributed by atoms with Gasteiger partial charge in [-0.2, -0.15) is 0 Å². The summed E-state index contributed by atoms with van der Waals surface area (Å²) in [7, 11) is 1.57. The lowest BCUT2D eigenvalue weighted by Crippen LogP contribution is -2.16. The number of amides is 1. The van der Waals surface area contributed by atoms with Crippen LogP contribution in [0.25, 0.3) is 11.0 Å². The highest BCUT2D eigenvalue weighted by Gasteiger charge is 2.16. The molecule has 0 atom stereocenters. The summed E-state index contributed by atoms with van der Waals surface area (Å²) in [6, 6.07) is 13.1. The van der Waals surface area contributed by atoms with Crippen LogP contribution in [0.15, 0.2) is 46.9 Å². The molecule has 0 radical (unpaired) electrons. The monoisotopic (exact) mass is 373 g/mol. The molecule has 1 aromatic heterocycles. The van der Waals surface area contributed by atoms with E-state index in [0.717, 1.165) is 17.6 Å². The summed E-state index contributed by atoms with van der Waals surface area (Å²) in [5, 5.41) is 2.89. The third-order valence-electron chi connectivity index (χ3n) is 3.61. The van der Waals surface area contributed by atoms with Crippen molar-refractivity contribution in [3.8, 4) is 5.75 Å². The fourth-order valence-electron chi connectivity index (χ4n) is 2.47. The minimum Gasteiger partial charge on any atom is -0.497 e. The molecule has 0 bridgehead atoms. The minimum absolute atomic E-state index is 0.235. The smallest absolute Gasteiger partial charge is 0.259 e. The number of fused-ring (bicyclic) bond motifs is 1. The number of benzene rings is 2. The van der Waals surface area contributed by atoms with E-state index < -0.39 is 0 Å². The number of hydrogen-bond acceptors (Lipinski definition) is 3. The molecule has 0 fully saturated rings. The van der Waals surface area contributed by atoms with Gasteiger partial charge >= 0.3 is 0 Å². The van der Waals surface area contributed by atoms with E-state index >= 15 is 0 Å². The SMILES string of the molecule is CCn1c(NC(=O)c2cc(OC)ccc2Br)nc2ccccc21. The van der Waals surface area contributed by atoms with Gasteiger partial charge in [0.25, 0.3) is 5.91 Å². The van der Waals surface area contributed by atoms with E-state index in [9.17, 15) is 4.79 Å². The third kappa shape index (κ3) is 2.94. The average molecular weight is 374 g/mol. The first-order chi connectivity index (χ1) is 11.1. The first kappa shape index (κ1) is 15.6. The van der Waals surface area contributed by atoms with Crippen molar-refractivity contribution in [1.82, 2.24) is 9.55 Å². The van der Waals surface area contributed by atoms with Gasteiger partial charge in [-0.05, 0) is 53.2 Å². The maximum Gasteiger partial charge on any atom is 0.259 e. The minimum atomic E-state index is -0.235. The first-order valence-electron chi connectivity index (χ1n) is 7.24. The quantitative estimate of drug-likeness (QED) is 0.749. The summed E-state index contributed by atoms with van der Waals surface area (Å²) < 4.78 is 7.86. The molecule has 3 rings (SSSR count). The van der Waals surface area contributed by atoms with Gasteiger partial charge < -0.3 is 9.30 Å². The van der Waals surface area contributed by atoms with Crippen LogP contribution in [0.3, 0.4) is 0 Å². The molecule has 0 spiro atoms. The Bertz CT molecular complexity index is 873. The zero-order valence-electron chi connectivity index (χ0n) is 12.8. The largest absolute Gasteiger partial charge is 0.497 e. The summed E-state index contributed by atoms with van der Waals surface area (Å²) in [5.74, 6) is 0.927. The van der Waals surface area contributed by atoms with Crippen molar-refractivity contribution >= 4 is 38.8 Å². The van der Waals surface area contributed by atoms with Gasteiger partial charge in [0.05, 0.1) is 23.7 Å². The number of halogens is 1. The van der Waals surface area contributed by atoms with Gasteiger partial charge in [0.1, 0.15) is 5.75 Å². The number of aryl methyl sites for hydroxylation is 1. The molecular weight excluding hydrogens is 358 g/mol. The van der Waals surface area contributed by atoms with Crippen LogP contribution in [-0.4, -0.2) is 22.6 Å². The number of rotatable bonds is 4. The average Bonchev–Trinajstić information content (AvgIpc) is 2.92. The normalized spacial score (nSPS) is 10.7. The molecule has 23 heavy (non-hydrogen) atoms. The Morgan fingerprint density at radius 1 is 1.30 bits per heavy atom. The van der Waals surface area contributed by atoms with E-state index in [1.807, 2.05) is 35.8 Å². The molecule has 5 nitrogen and oxygen atoms in total. The van der Waals surface area contributed by atoms with E-state index in [1.165, 1.54) is 0 Å². The number of anilines is 1. The Kier molecular flexibility index (Phi) is 4.34. The standard InChI is InChI=1S/C17H16BrN3O2/c1-3-21-15-7-5-4-6-14(15)19-17(21)20-16(22)12-10-11(23-2)8-9-13(12)18/h4-10H,3H2,1-2H3,(H,19,20,22). The molecule has 3 aromatic rings. The van der Waals surface area contributed by atoms with Crippen molar-refractivity contribution in [2.45, 2.75) is 13.5 Å². The molecule has 1 amide bonds. The molecule has 6 heteroatoms. The van der Waals surface area contributed by atoms with Crippen LogP contribution >= 0.6 is 15.9 Å². The number of hydrogen-bond donors (Lipinski definition) is 1. The fraction of sp³-hybridized carbons (Fsp3) is 0.176. The van der Waals surface area contributed by atoms with Gasteiger partial charge in [0.15, 0.2) is 0 Å². The number of nitrogens with one attached hydrogen (secondary N) is 1. The molecule has 0 aliphatic heterocycles. The lowest BCUT2D eigenvalue weighted by atomic mass is 10.2. The third-order valence-corrected chi connectivity index (χ3v) is 4.31. The zero-order valence-corrected chi connectivity index (χ0v) is 14.4. The lowest BCUT2D eigenvalue weighted by Gasteiger charge is -2.10. The second kappa shape index (κ2) is 6.42. The summed E-state index contributed by atoms with van der Waals surface area (Å²) in [5.41, 5.74) is 2.35. The van der Waals surface area contributed by atoms with Crippen molar-refractivity contribution in [2.24, 2.45) is 0 Å². The fourth-order valence-corrected chi connectivity index (χ4v) is 2.89. The van der Waals surface area contributed by atoms with E-state index in [0.29, 0.717) is 21.7 Å². The lowest BCUT2D eigenvalue weighted by molar-refractivity contribution is 0.102. The Labute approximate surface area is 142 Å². The van der Waals surface area contributed by atoms with Crippen molar-refractivity contribution in [2.75, 3.05) is 12.4 Å². The molecule has 0 unspecified atom stereocenters. The highest BCUT2D eigenvalue weighted by Crippen LogP contribution is 2.25. The van der Waals surface area contributed by atoms with Crippen LogP contribution in [0, 0.1) is 0 Å². The predicted molar refractivity (Wildman–Crippen MR) is 94.1 cm³/mol. The van der Waals surface area contributed by atoms with E-state index in [1.54, 1.807) is 25.3 Å². The molecule has 0 aliphatic rings. The van der Waals surface area contributed by atoms with Crippen LogP contribution in [0.5, 0.6) is 5.75 Å². The highest BCUT2D eigenvalue weighted by molar-refractivity contribution is 9.10. The van der Waals surface area contributed by atoms with Crippen molar-refractivity contribution in [3.63, 3.8) is 0 Å². The van der Waals surface area contributed by atoms with E-state index in [2.05, 4.69) is 26.2 Å². The molecule has 2 aromatic carbocycles. The van der Waals surface area contributed by atoms with Gasteiger partial charge in [-0.1, -0.05) is 12.1 Å².